The number of aliphatic imine (C=N–C) groups is 1. The van der Waals surface area contributed by atoms with Gasteiger partial charge in [-0.1, -0.05) is 37.5 Å². The Morgan fingerprint density at radius 3 is 2.74 bits per heavy atom. The molecule has 0 saturated heterocycles. The number of amides is 2. The van der Waals surface area contributed by atoms with Crippen molar-refractivity contribution in [2.24, 2.45) is 10.9 Å². The Labute approximate surface area is 226 Å². The number of carbonyl (C=O) groups is 2. The first-order valence-electron chi connectivity index (χ1n) is 12.3. The first kappa shape index (κ1) is 30.1. The molecule has 9 nitrogen and oxygen atoms in total. The average Bonchev–Trinajstić information content (AvgIpc) is 3.58. The zero-order valence-corrected chi connectivity index (χ0v) is 23.9. The molecule has 0 unspecified atom stereocenters. The number of carboxylic acid groups (broad SMARTS) is 1. The van der Waals surface area contributed by atoms with E-state index in [2.05, 4.69) is 30.0 Å². The third-order valence-electron chi connectivity index (χ3n) is 6.57. The predicted molar refractivity (Wildman–Crippen MR) is 147 cm³/mol. The van der Waals surface area contributed by atoms with Crippen LogP contribution in [0.15, 0.2) is 35.3 Å². The van der Waals surface area contributed by atoms with Gasteiger partial charge in [-0.3, -0.25) is 4.79 Å². The summed E-state index contributed by atoms with van der Waals surface area (Å²) in [7, 11) is 0.103. The maximum Gasteiger partial charge on any atom is 0.415 e. The van der Waals surface area contributed by atoms with E-state index >= 15 is 8.78 Å². The Hall–Kier alpha value is -2.48. The lowest BCUT2D eigenvalue weighted by atomic mass is 9.84. The predicted octanol–water partition coefficient (Wildman–Crippen LogP) is 4.05. The molecule has 4 N–H and O–H groups in total. The summed E-state index contributed by atoms with van der Waals surface area (Å²) in [5, 5.41) is 12.7. The fourth-order valence-electron chi connectivity index (χ4n) is 4.32. The number of nitrogen functional groups attached to an aromatic ring is 1. The van der Waals surface area contributed by atoms with Crippen molar-refractivity contribution in [1.82, 2.24) is 10.2 Å². The van der Waals surface area contributed by atoms with E-state index in [4.69, 9.17) is 15.2 Å². The molecule has 0 radical (unpaired) electrons. The number of nitrogens with two attached hydrogens (primary N) is 1. The zero-order valence-electron chi connectivity index (χ0n) is 22.1. The molecule has 0 spiro atoms. The number of alkyl halides is 1. The molecular formula is C25H36F2N4O5SSi. The molecule has 0 aromatic heterocycles. The fraction of sp³-hybridized carbons (Fsp3) is 0.560. The van der Waals surface area contributed by atoms with Crippen LogP contribution >= 0.6 is 11.8 Å². The molecule has 0 bridgehead atoms. The van der Waals surface area contributed by atoms with Gasteiger partial charge < -0.3 is 25.6 Å². The normalized spacial score (nSPS) is 24.6. The molecule has 1 heterocycles. The maximum absolute atomic E-state index is 15.1. The summed E-state index contributed by atoms with van der Waals surface area (Å²) in [5.74, 6) is -1.60. The molecule has 3 rings (SSSR count). The molecule has 1 aromatic carbocycles. The number of methoxy groups -OCH3 is 1. The number of anilines is 1. The van der Waals surface area contributed by atoms with Gasteiger partial charge in [0.05, 0.1) is 6.61 Å². The first-order valence-corrected chi connectivity index (χ1v) is 16.8. The molecule has 1 aliphatic carbocycles. The molecule has 1 saturated carbocycles. The summed E-state index contributed by atoms with van der Waals surface area (Å²) < 4.78 is 39.9. The van der Waals surface area contributed by atoms with Gasteiger partial charge in [-0.15, -0.1) is 0 Å². The maximum atomic E-state index is 15.1. The number of nitrogens with zero attached hydrogens (tertiary/aromatic N) is 2. The minimum absolute atomic E-state index is 0.0248. The van der Waals surface area contributed by atoms with E-state index in [-0.39, 0.29) is 29.1 Å². The van der Waals surface area contributed by atoms with Crippen molar-refractivity contribution in [3.05, 3.63) is 41.7 Å². The number of halogens is 2. The van der Waals surface area contributed by atoms with Gasteiger partial charge in [0.25, 0.3) is 0 Å². The number of rotatable bonds is 12. The number of hydrogen-bond donors (Lipinski definition) is 3. The van der Waals surface area contributed by atoms with Crippen LogP contribution in [-0.4, -0.2) is 80.3 Å². The van der Waals surface area contributed by atoms with Crippen molar-refractivity contribution in [2.75, 3.05) is 46.0 Å². The van der Waals surface area contributed by atoms with Gasteiger partial charge in [0, 0.05) is 56.3 Å². The van der Waals surface area contributed by atoms with Crippen LogP contribution in [0.4, 0.5) is 19.3 Å². The van der Waals surface area contributed by atoms with E-state index in [9.17, 15) is 14.7 Å². The highest BCUT2D eigenvalue weighted by molar-refractivity contribution is 8.15. The summed E-state index contributed by atoms with van der Waals surface area (Å²) in [4.78, 5) is 30.0. The number of ether oxygens (including phenoxy) is 2. The molecular weight excluding hydrogens is 534 g/mol. The van der Waals surface area contributed by atoms with Crippen molar-refractivity contribution >= 4 is 42.7 Å². The summed E-state index contributed by atoms with van der Waals surface area (Å²) in [6, 6.07) is 4.69. The second-order valence-corrected chi connectivity index (χ2v) is 17.6. The molecule has 1 aliphatic heterocycles. The number of benzene rings is 1. The van der Waals surface area contributed by atoms with Gasteiger partial charge in [-0.25, -0.2) is 23.5 Å². The van der Waals surface area contributed by atoms with Crippen LogP contribution in [0, 0.1) is 11.7 Å². The van der Waals surface area contributed by atoms with Crippen LogP contribution in [-0.2, 0) is 19.8 Å². The highest BCUT2D eigenvalue weighted by atomic mass is 32.2. The Kier molecular flexibility index (Phi) is 9.60. The first-order chi connectivity index (χ1) is 17.9. The number of carbonyl (C=O) groups excluding carboxylic acids is 1. The second-order valence-electron chi connectivity index (χ2n) is 10.7. The molecule has 2 aliphatic rings. The SMILES string of the molecule is COCCNC(=O)/C=C/[C@]12C[C@H]1[C@@](CF)(c1cc(N)ccc1F)N=C(N(COCC[Si](C)(C)C)C(=O)O)S2. The number of hydrogen-bond acceptors (Lipinski definition) is 7. The van der Waals surface area contributed by atoms with E-state index in [0.29, 0.717) is 26.2 Å². The molecule has 3 atom stereocenters. The quantitative estimate of drug-likeness (QED) is 0.114. The van der Waals surface area contributed by atoms with Crippen molar-refractivity contribution in [2.45, 2.75) is 42.4 Å². The second kappa shape index (κ2) is 12.1. The number of amidine groups is 1. The molecule has 2 amide bonds. The van der Waals surface area contributed by atoms with Crippen LogP contribution in [0.5, 0.6) is 0 Å². The lowest BCUT2D eigenvalue weighted by Crippen LogP contribution is -2.45. The van der Waals surface area contributed by atoms with E-state index in [0.717, 1.165) is 28.8 Å². The third-order valence-corrected chi connectivity index (χ3v) is 9.73. The number of thioether (sulfide) groups is 1. The zero-order chi connectivity index (χ0) is 28.1. The lowest BCUT2D eigenvalue weighted by molar-refractivity contribution is -0.116. The highest BCUT2D eigenvalue weighted by Gasteiger charge is 2.68. The van der Waals surface area contributed by atoms with Gasteiger partial charge >= 0.3 is 6.09 Å². The van der Waals surface area contributed by atoms with Gasteiger partial charge in [0.1, 0.15) is 24.8 Å². The lowest BCUT2D eigenvalue weighted by Gasteiger charge is -2.37. The van der Waals surface area contributed by atoms with E-state index < -0.39 is 42.9 Å². The third kappa shape index (κ3) is 6.93. The topological polar surface area (TPSA) is 126 Å². The van der Waals surface area contributed by atoms with Crippen LogP contribution in [0.2, 0.25) is 25.7 Å². The van der Waals surface area contributed by atoms with Crippen LogP contribution in [0.1, 0.15) is 12.0 Å². The van der Waals surface area contributed by atoms with Crippen molar-refractivity contribution in [3.63, 3.8) is 0 Å². The largest absolute Gasteiger partial charge is 0.465 e. The minimum Gasteiger partial charge on any atom is -0.465 e. The van der Waals surface area contributed by atoms with E-state index in [1.54, 1.807) is 6.08 Å². The Bertz CT molecular complexity index is 1100. The summed E-state index contributed by atoms with van der Waals surface area (Å²) in [6.07, 6.45) is 1.98. The molecule has 38 heavy (non-hydrogen) atoms. The Balaban J connectivity index is 1.98. The fourth-order valence-corrected chi connectivity index (χ4v) is 6.59. The van der Waals surface area contributed by atoms with E-state index in [1.165, 1.54) is 25.3 Å². The van der Waals surface area contributed by atoms with Crippen LogP contribution < -0.4 is 11.1 Å². The summed E-state index contributed by atoms with van der Waals surface area (Å²) >= 11 is 1.11. The average molecular weight is 571 g/mol. The van der Waals surface area contributed by atoms with Crippen molar-refractivity contribution < 1.29 is 33.0 Å². The van der Waals surface area contributed by atoms with Crippen LogP contribution in [0.3, 0.4) is 0 Å². The number of nitrogens with one attached hydrogen (secondary N) is 1. The van der Waals surface area contributed by atoms with Gasteiger partial charge in [0.2, 0.25) is 5.91 Å². The summed E-state index contributed by atoms with van der Waals surface area (Å²) in [6.45, 7) is 6.15. The van der Waals surface area contributed by atoms with Gasteiger partial charge in [-0.2, -0.15) is 0 Å². The van der Waals surface area contributed by atoms with Crippen molar-refractivity contribution in [3.8, 4) is 0 Å². The monoisotopic (exact) mass is 570 g/mol. The minimum atomic E-state index is -1.72. The molecule has 13 heteroatoms. The number of fused-ring (bicyclic) bond motifs is 1. The molecule has 1 aromatic rings. The van der Waals surface area contributed by atoms with Crippen molar-refractivity contribution in [1.29, 1.82) is 0 Å². The Morgan fingerprint density at radius 1 is 1.37 bits per heavy atom. The highest BCUT2D eigenvalue weighted by Crippen LogP contribution is 2.67. The molecule has 1 fully saturated rings. The van der Waals surface area contributed by atoms with Gasteiger partial charge in [0.15, 0.2) is 5.17 Å². The van der Waals surface area contributed by atoms with Crippen LogP contribution in [0.25, 0.3) is 0 Å². The molecule has 210 valence electrons. The Morgan fingerprint density at radius 2 is 2.11 bits per heavy atom. The standard InChI is InChI=1S/C25H36F2N4O5SSi/c1-35-10-9-29-21(32)7-8-24-14-20(24)25(15-26,18-13-17(28)5-6-19(18)27)30-22(37-24)31(23(33)34)16-36-11-12-38(2,3)4/h5-8,13,20H,9-12,14-16,28H2,1-4H3,(H,29,32)(H,33,34)/b8-7+/t20-,24+,25-/m1/s1. The summed E-state index contributed by atoms with van der Waals surface area (Å²) in [5.41, 5.74) is 4.38. The smallest absolute Gasteiger partial charge is 0.415 e. The van der Waals surface area contributed by atoms with Gasteiger partial charge in [-0.05, 0) is 30.7 Å². The van der Waals surface area contributed by atoms with E-state index in [1.807, 2.05) is 0 Å².